The Balaban J connectivity index is 1.63. The van der Waals surface area contributed by atoms with Crippen LogP contribution in [0.4, 0.5) is 0 Å². The van der Waals surface area contributed by atoms with Gasteiger partial charge < -0.3 is 21.1 Å². The Morgan fingerprint density at radius 1 is 1.21 bits per heavy atom. The maximum absolute atomic E-state index is 12.9. The van der Waals surface area contributed by atoms with Crippen LogP contribution >= 0.6 is 11.8 Å². The molecule has 4 rings (SSSR count). The number of nitrogens with zero attached hydrogens (tertiary/aromatic N) is 3. The summed E-state index contributed by atoms with van der Waals surface area (Å²) in [7, 11) is 0. The Morgan fingerprint density at radius 3 is 2.58 bits per heavy atom. The number of benzene rings is 2. The minimum Gasteiger partial charge on any atom is -0.508 e. The van der Waals surface area contributed by atoms with Crippen molar-refractivity contribution in [3.05, 3.63) is 71.4 Å². The molecular formula is C23H22N4O5S. The quantitative estimate of drug-likeness (QED) is 0.451. The molecule has 1 amide bonds. The zero-order valence-electron chi connectivity index (χ0n) is 17.5. The van der Waals surface area contributed by atoms with Crippen molar-refractivity contribution in [3.8, 4) is 5.75 Å². The first-order valence-electron chi connectivity index (χ1n) is 10.1. The molecule has 0 saturated heterocycles. The molecule has 0 spiro atoms. The summed E-state index contributed by atoms with van der Waals surface area (Å²) in [6.07, 6.45) is 1.89. The number of carboxylic acid groups (broad SMARTS) is 1. The Bertz CT molecular complexity index is 1160. The molecule has 2 aromatic rings. The van der Waals surface area contributed by atoms with Crippen LogP contribution in [0.1, 0.15) is 11.1 Å². The summed E-state index contributed by atoms with van der Waals surface area (Å²) < 4.78 is 0. The van der Waals surface area contributed by atoms with Crippen LogP contribution in [-0.4, -0.2) is 67.0 Å². The van der Waals surface area contributed by atoms with Crippen molar-refractivity contribution in [1.29, 1.82) is 0 Å². The molecule has 0 bridgehead atoms. The minimum atomic E-state index is -1.63. The average molecular weight is 467 g/mol. The van der Waals surface area contributed by atoms with Crippen LogP contribution in [0, 0.1) is 0 Å². The van der Waals surface area contributed by atoms with Gasteiger partial charge in [0.25, 0.3) is 5.91 Å². The Morgan fingerprint density at radius 2 is 1.91 bits per heavy atom. The average Bonchev–Trinajstić information content (AvgIpc) is 3.32. The number of phenols is 1. The molecule has 2 aliphatic rings. The summed E-state index contributed by atoms with van der Waals surface area (Å²) in [5.74, 6) is -1.41. The molecule has 9 nitrogen and oxygen atoms in total. The van der Waals surface area contributed by atoms with E-state index in [0.717, 1.165) is 22.2 Å². The lowest BCUT2D eigenvalue weighted by molar-refractivity contribution is -0.140. The molecule has 2 aliphatic heterocycles. The van der Waals surface area contributed by atoms with Gasteiger partial charge in [0.15, 0.2) is 5.84 Å². The minimum absolute atomic E-state index is 0.0358. The monoisotopic (exact) mass is 466 g/mol. The molecule has 2 aromatic carbocycles. The van der Waals surface area contributed by atoms with Gasteiger partial charge in [0.2, 0.25) is 5.06 Å². The zero-order chi connectivity index (χ0) is 23.6. The smallest absolute Gasteiger partial charge is 0.323 e. The van der Waals surface area contributed by atoms with E-state index >= 15 is 0 Å². The number of hydrogen-bond acceptors (Lipinski definition) is 8. The zero-order valence-corrected chi connectivity index (χ0v) is 18.3. The van der Waals surface area contributed by atoms with Crippen molar-refractivity contribution >= 4 is 41.3 Å². The highest BCUT2D eigenvalue weighted by molar-refractivity contribution is 8.01. The van der Waals surface area contributed by atoms with Gasteiger partial charge >= 0.3 is 5.97 Å². The second-order valence-corrected chi connectivity index (χ2v) is 8.82. The fourth-order valence-electron chi connectivity index (χ4n) is 3.52. The van der Waals surface area contributed by atoms with Gasteiger partial charge in [0, 0.05) is 5.75 Å². The lowest BCUT2D eigenvalue weighted by Crippen LogP contribution is -2.44. The molecule has 0 saturated carbocycles. The summed E-state index contributed by atoms with van der Waals surface area (Å²) in [5, 5.41) is 28.2. The van der Waals surface area contributed by atoms with E-state index in [1.54, 1.807) is 12.1 Å². The van der Waals surface area contributed by atoms with E-state index in [-0.39, 0.29) is 23.0 Å². The first-order valence-corrected chi connectivity index (χ1v) is 11.1. The van der Waals surface area contributed by atoms with Gasteiger partial charge in [-0.3, -0.25) is 14.5 Å². The summed E-state index contributed by atoms with van der Waals surface area (Å²) in [4.78, 5) is 34.0. The molecule has 0 fully saturated rings. The maximum Gasteiger partial charge on any atom is 0.323 e. The van der Waals surface area contributed by atoms with E-state index in [9.17, 15) is 24.9 Å². The standard InChI is InChI=1S/C23H22N4O5S/c24-19(11-14-4-2-1-3-5-14)23(32)26-18(13-33-23)21-25-17(22(31)27(21)12-20(29)30)10-15-6-8-16(28)9-7-15/h1-10,19,28,32H,11-13,24H2,(H,29,30)/b17-10-/t19-,23+/m0/s1. The van der Waals surface area contributed by atoms with Gasteiger partial charge in [0.05, 0.1) is 11.8 Å². The Kier molecular flexibility index (Phi) is 6.32. The van der Waals surface area contributed by atoms with E-state index in [1.165, 1.54) is 18.2 Å². The van der Waals surface area contributed by atoms with Gasteiger partial charge in [-0.05, 0) is 35.8 Å². The topological polar surface area (TPSA) is 149 Å². The van der Waals surface area contributed by atoms with Gasteiger partial charge in [0.1, 0.15) is 18.0 Å². The number of amidine groups is 1. The van der Waals surface area contributed by atoms with Crippen molar-refractivity contribution in [2.75, 3.05) is 12.3 Å². The van der Waals surface area contributed by atoms with Gasteiger partial charge in [-0.15, -0.1) is 0 Å². The van der Waals surface area contributed by atoms with Crippen LogP contribution in [0.25, 0.3) is 6.08 Å². The highest BCUT2D eigenvalue weighted by atomic mass is 32.2. The predicted octanol–water partition coefficient (Wildman–Crippen LogP) is 1.46. The number of carbonyl (C=O) groups is 2. The van der Waals surface area contributed by atoms with Crippen molar-refractivity contribution in [2.45, 2.75) is 17.5 Å². The van der Waals surface area contributed by atoms with Gasteiger partial charge in [-0.25, -0.2) is 9.98 Å². The van der Waals surface area contributed by atoms with E-state index in [4.69, 9.17) is 5.73 Å². The number of amides is 1. The number of aliphatic carboxylic acids is 1. The normalized spacial score (nSPS) is 22.4. The van der Waals surface area contributed by atoms with Crippen LogP contribution in [0.3, 0.4) is 0 Å². The fourth-order valence-corrected chi connectivity index (χ4v) is 4.53. The molecule has 2 atom stereocenters. The third kappa shape index (κ3) is 4.98. The molecule has 0 aromatic heterocycles. The predicted molar refractivity (Wildman–Crippen MR) is 126 cm³/mol. The molecule has 10 heteroatoms. The van der Waals surface area contributed by atoms with E-state index < -0.39 is 29.5 Å². The molecule has 5 N–H and O–H groups in total. The molecule has 33 heavy (non-hydrogen) atoms. The van der Waals surface area contributed by atoms with Crippen LogP contribution in [0.15, 0.2) is 70.3 Å². The van der Waals surface area contributed by atoms with Crippen molar-refractivity contribution < 1.29 is 24.9 Å². The van der Waals surface area contributed by atoms with Crippen molar-refractivity contribution in [1.82, 2.24) is 4.90 Å². The third-order valence-corrected chi connectivity index (χ3v) is 6.43. The number of carbonyl (C=O) groups excluding carboxylic acids is 1. The highest BCUT2D eigenvalue weighted by Crippen LogP contribution is 2.35. The first-order chi connectivity index (χ1) is 15.7. The molecule has 0 unspecified atom stereocenters. The second kappa shape index (κ2) is 9.18. The summed E-state index contributed by atoms with van der Waals surface area (Å²) >= 11 is 1.11. The summed E-state index contributed by atoms with van der Waals surface area (Å²) in [6.45, 7) is -0.594. The lowest BCUT2D eigenvalue weighted by atomic mass is 10.1. The molecule has 170 valence electrons. The number of carboxylic acids is 1. The molecular weight excluding hydrogens is 444 g/mol. The Hall–Kier alpha value is -3.47. The van der Waals surface area contributed by atoms with E-state index in [1.807, 2.05) is 30.3 Å². The number of thioether (sulfide) groups is 1. The molecule has 0 aliphatic carbocycles. The summed E-state index contributed by atoms with van der Waals surface area (Å²) in [6, 6.07) is 14.9. The summed E-state index contributed by atoms with van der Waals surface area (Å²) in [5.41, 5.74) is 8.16. The number of hydrogen-bond donors (Lipinski definition) is 4. The SMILES string of the molecule is N[C@@H](Cc1ccccc1)[C@]1(O)N=C(C2=N/C(=C\c3ccc(O)cc3)C(=O)N2CC(=O)O)CS1. The fraction of sp³-hybridized carbons (Fsp3) is 0.217. The van der Waals surface area contributed by atoms with Gasteiger partial charge in [-0.2, -0.15) is 0 Å². The largest absolute Gasteiger partial charge is 0.508 e. The number of aromatic hydroxyl groups is 1. The van der Waals surface area contributed by atoms with E-state index in [2.05, 4.69) is 9.98 Å². The third-order valence-electron chi connectivity index (χ3n) is 5.19. The first kappa shape index (κ1) is 22.7. The molecule has 0 radical (unpaired) electrons. The van der Waals surface area contributed by atoms with Crippen LogP contribution in [0.2, 0.25) is 0 Å². The molecule has 2 heterocycles. The van der Waals surface area contributed by atoms with Crippen LogP contribution in [0.5, 0.6) is 5.75 Å². The highest BCUT2D eigenvalue weighted by Gasteiger charge is 2.44. The number of nitrogens with two attached hydrogens (primary N) is 1. The maximum atomic E-state index is 12.9. The number of aliphatic imine (C=N–C) groups is 2. The number of rotatable bonds is 7. The second-order valence-electron chi connectivity index (χ2n) is 7.64. The van der Waals surface area contributed by atoms with Crippen LogP contribution < -0.4 is 5.73 Å². The number of phenolic OH excluding ortho intramolecular Hbond substituents is 1. The van der Waals surface area contributed by atoms with Gasteiger partial charge in [-0.1, -0.05) is 54.2 Å². The lowest BCUT2D eigenvalue weighted by Gasteiger charge is -2.25. The van der Waals surface area contributed by atoms with Crippen molar-refractivity contribution in [2.24, 2.45) is 15.7 Å². The van der Waals surface area contributed by atoms with Crippen LogP contribution in [-0.2, 0) is 16.0 Å². The van der Waals surface area contributed by atoms with E-state index in [0.29, 0.717) is 17.7 Å². The van der Waals surface area contributed by atoms with Crippen molar-refractivity contribution in [3.63, 3.8) is 0 Å². The Labute approximate surface area is 194 Å². The number of aliphatic hydroxyl groups is 1.